The van der Waals surface area contributed by atoms with Gasteiger partial charge in [-0.05, 0) is 43.5 Å². The maximum Gasteiger partial charge on any atom is 0.310 e. The summed E-state index contributed by atoms with van der Waals surface area (Å²) in [7, 11) is 0. The van der Waals surface area contributed by atoms with E-state index in [1.807, 2.05) is 0 Å². The third-order valence-electron chi connectivity index (χ3n) is 3.80. The second kappa shape index (κ2) is 8.54. The first-order chi connectivity index (χ1) is 11.4. The molecule has 1 aromatic carbocycles. The maximum absolute atomic E-state index is 12.5. The summed E-state index contributed by atoms with van der Waals surface area (Å²) in [5.41, 5.74) is 0.726. The molecule has 1 aliphatic carbocycles. The summed E-state index contributed by atoms with van der Waals surface area (Å²) in [5.74, 6) is -0.748. The van der Waals surface area contributed by atoms with Crippen molar-refractivity contribution in [1.29, 1.82) is 0 Å². The third-order valence-corrected chi connectivity index (χ3v) is 4.36. The summed E-state index contributed by atoms with van der Waals surface area (Å²) in [6.07, 6.45) is 5.10. The molecular weight excluding hydrogens is 349 g/mol. The van der Waals surface area contributed by atoms with Gasteiger partial charge in [0, 0.05) is 28.7 Å². The zero-order chi connectivity index (χ0) is 17.7. The zero-order valence-corrected chi connectivity index (χ0v) is 15.3. The van der Waals surface area contributed by atoms with Crippen LogP contribution in [0.3, 0.4) is 0 Å². The number of halogens is 2. The average molecular weight is 370 g/mol. The topological polar surface area (TPSA) is 46.6 Å². The summed E-state index contributed by atoms with van der Waals surface area (Å²) in [5, 5.41) is 1.04. The molecule has 130 valence electrons. The number of nitrogens with zero attached hydrogens (tertiary/aromatic N) is 1. The average Bonchev–Trinajstić information content (AvgIpc) is 3.36. The molecule has 1 amide bonds. The Morgan fingerprint density at radius 3 is 2.67 bits per heavy atom. The van der Waals surface area contributed by atoms with Crippen molar-refractivity contribution in [3.8, 4) is 0 Å². The Morgan fingerprint density at radius 1 is 1.38 bits per heavy atom. The van der Waals surface area contributed by atoms with E-state index in [2.05, 4.69) is 0 Å². The van der Waals surface area contributed by atoms with Crippen molar-refractivity contribution in [1.82, 2.24) is 4.90 Å². The Kier molecular flexibility index (Phi) is 6.69. The first-order valence-corrected chi connectivity index (χ1v) is 8.78. The minimum Gasteiger partial charge on any atom is -0.466 e. The minimum atomic E-state index is -0.345. The molecule has 2 rings (SSSR count). The molecule has 0 aliphatic heterocycles. The van der Waals surface area contributed by atoms with E-state index in [0.29, 0.717) is 23.2 Å². The molecule has 24 heavy (non-hydrogen) atoms. The van der Waals surface area contributed by atoms with Crippen LogP contribution in [0.25, 0.3) is 6.08 Å². The van der Waals surface area contributed by atoms with Gasteiger partial charge >= 0.3 is 5.97 Å². The van der Waals surface area contributed by atoms with E-state index in [4.69, 9.17) is 27.9 Å². The van der Waals surface area contributed by atoms with E-state index >= 15 is 0 Å². The molecule has 4 nitrogen and oxygen atoms in total. The van der Waals surface area contributed by atoms with Crippen LogP contribution in [0.4, 0.5) is 0 Å². The Labute approximate surface area is 152 Å². The smallest absolute Gasteiger partial charge is 0.310 e. The van der Waals surface area contributed by atoms with Crippen LogP contribution in [0.5, 0.6) is 0 Å². The minimum absolute atomic E-state index is 0.125. The summed E-state index contributed by atoms with van der Waals surface area (Å²) in [6.45, 7) is 4.25. The lowest BCUT2D eigenvalue weighted by atomic mass is 10.1. The van der Waals surface area contributed by atoms with Gasteiger partial charge in [-0.25, -0.2) is 0 Å². The number of hydrogen-bond donors (Lipinski definition) is 0. The molecule has 0 spiro atoms. The fourth-order valence-electron chi connectivity index (χ4n) is 2.35. The largest absolute Gasteiger partial charge is 0.466 e. The van der Waals surface area contributed by atoms with Crippen LogP contribution in [-0.4, -0.2) is 36.0 Å². The van der Waals surface area contributed by atoms with Crippen molar-refractivity contribution in [3.05, 3.63) is 39.9 Å². The number of ether oxygens (including phenoxy) is 1. The number of carbonyl (C=O) groups excluding carboxylic acids is 2. The van der Waals surface area contributed by atoms with Crippen molar-refractivity contribution in [2.24, 2.45) is 5.92 Å². The Morgan fingerprint density at radius 2 is 2.08 bits per heavy atom. The van der Waals surface area contributed by atoms with Crippen LogP contribution in [0, 0.1) is 5.92 Å². The summed E-state index contributed by atoms with van der Waals surface area (Å²) in [6, 6.07) is 5.32. The quantitative estimate of drug-likeness (QED) is 0.534. The predicted molar refractivity (Wildman–Crippen MR) is 96.0 cm³/mol. The summed E-state index contributed by atoms with van der Waals surface area (Å²) in [4.78, 5) is 26.0. The maximum atomic E-state index is 12.5. The first kappa shape index (κ1) is 18.8. The first-order valence-electron chi connectivity index (χ1n) is 8.02. The SMILES string of the molecule is CCOC(=O)C(C)CN(C(=O)/C=C/c1ccc(Cl)cc1Cl)C1CC1. The highest BCUT2D eigenvalue weighted by Gasteiger charge is 2.33. The highest BCUT2D eigenvalue weighted by molar-refractivity contribution is 6.35. The number of hydrogen-bond acceptors (Lipinski definition) is 3. The fraction of sp³-hybridized carbons (Fsp3) is 0.444. The lowest BCUT2D eigenvalue weighted by molar-refractivity contribution is -0.148. The van der Waals surface area contributed by atoms with Crippen LogP contribution in [0.1, 0.15) is 32.3 Å². The summed E-state index contributed by atoms with van der Waals surface area (Å²) < 4.78 is 5.02. The number of benzene rings is 1. The van der Waals surface area contributed by atoms with Crippen LogP contribution in [-0.2, 0) is 14.3 Å². The van der Waals surface area contributed by atoms with Crippen LogP contribution >= 0.6 is 23.2 Å². The Bertz CT molecular complexity index is 641. The van der Waals surface area contributed by atoms with Crippen molar-refractivity contribution < 1.29 is 14.3 Å². The highest BCUT2D eigenvalue weighted by Crippen LogP contribution is 2.28. The third kappa shape index (κ3) is 5.25. The van der Waals surface area contributed by atoms with Crippen molar-refractivity contribution in [2.45, 2.75) is 32.7 Å². The van der Waals surface area contributed by atoms with Gasteiger partial charge in [-0.15, -0.1) is 0 Å². The van der Waals surface area contributed by atoms with E-state index < -0.39 is 0 Å². The van der Waals surface area contributed by atoms with E-state index in [-0.39, 0.29) is 23.8 Å². The highest BCUT2D eigenvalue weighted by atomic mass is 35.5. The molecule has 0 bridgehead atoms. The number of carbonyl (C=O) groups is 2. The van der Waals surface area contributed by atoms with Crippen LogP contribution in [0.2, 0.25) is 10.0 Å². The Hall–Kier alpha value is -1.52. The molecule has 1 fully saturated rings. The Balaban J connectivity index is 2.04. The normalized spacial score (nSPS) is 15.3. The fourth-order valence-corrected chi connectivity index (χ4v) is 2.82. The predicted octanol–water partition coefficient (Wildman–Crippen LogP) is 4.20. The molecular formula is C18H21Cl2NO3. The summed E-state index contributed by atoms with van der Waals surface area (Å²) >= 11 is 12.0. The van der Waals surface area contributed by atoms with Gasteiger partial charge < -0.3 is 9.64 Å². The molecule has 0 aromatic heterocycles. The molecule has 1 aromatic rings. The standard InChI is InChI=1S/C18H21Cl2NO3/c1-3-24-18(23)12(2)11-21(15-7-8-15)17(22)9-5-13-4-6-14(19)10-16(13)20/h4-6,9-10,12,15H,3,7-8,11H2,1-2H3/b9-5+. The van der Waals surface area contributed by atoms with Crippen molar-refractivity contribution >= 4 is 41.2 Å². The molecule has 0 radical (unpaired) electrons. The molecule has 0 saturated heterocycles. The molecule has 0 N–H and O–H groups in total. The molecule has 1 saturated carbocycles. The lowest BCUT2D eigenvalue weighted by Crippen LogP contribution is -2.38. The van der Waals surface area contributed by atoms with Gasteiger partial charge in [0.15, 0.2) is 0 Å². The number of esters is 1. The van der Waals surface area contributed by atoms with Gasteiger partial charge in [-0.1, -0.05) is 36.2 Å². The molecule has 0 heterocycles. The van der Waals surface area contributed by atoms with E-state index in [1.54, 1.807) is 43.0 Å². The second-order valence-corrected chi connectivity index (χ2v) is 6.72. The van der Waals surface area contributed by atoms with Gasteiger partial charge in [0.1, 0.15) is 0 Å². The van der Waals surface area contributed by atoms with E-state index in [1.165, 1.54) is 6.08 Å². The number of amides is 1. The zero-order valence-electron chi connectivity index (χ0n) is 13.8. The molecule has 1 aliphatic rings. The van der Waals surface area contributed by atoms with Crippen molar-refractivity contribution in [2.75, 3.05) is 13.2 Å². The molecule has 1 atom stereocenters. The van der Waals surface area contributed by atoms with Gasteiger partial charge in [-0.2, -0.15) is 0 Å². The second-order valence-electron chi connectivity index (χ2n) is 5.87. The molecule has 1 unspecified atom stereocenters. The van der Waals surface area contributed by atoms with E-state index in [9.17, 15) is 9.59 Å². The van der Waals surface area contributed by atoms with Gasteiger partial charge in [0.05, 0.1) is 12.5 Å². The monoisotopic (exact) mass is 369 g/mol. The van der Waals surface area contributed by atoms with Crippen molar-refractivity contribution in [3.63, 3.8) is 0 Å². The number of rotatable bonds is 7. The van der Waals surface area contributed by atoms with Gasteiger partial charge in [0.2, 0.25) is 5.91 Å². The van der Waals surface area contributed by atoms with Gasteiger partial charge in [-0.3, -0.25) is 9.59 Å². The molecule has 6 heteroatoms. The van der Waals surface area contributed by atoms with E-state index in [0.717, 1.165) is 18.4 Å². The van der Waals surface area contributed by atoms with Crippen LogP contribution < -0.4 is 0 Å². The lowest BCUT2D eigenvalue weighted by Gasteiger charge is -2.23. The van der Waals surface area contributed by atoms with Crippen LogP contribution in [0.15, 0.2) is 24.3 Å². The van der Waals surface area contributed by atoms with Gasteiger partial charge in [0.25, 0.3) is 0 Å².